The number of nitrogens with one attached hydrogen (secondary N) is 3. The number of esters is 1. The fourth-order valence-corrected chi connectivity index (χ4v) is 2.33. The first kappa shape index (κ1) is 20.7. The molecule has 1 aromatic carbocycles. The molecule has 1 amide bonds. The molecule has 0 fully saturated rings. The molecule has 0 spiro atoms. The topological polar surface area (TPSA) is 82.7 Å². The van der Waals surface area contributed by atoms with Crippen molar-refractivity contribution < 1.29 is 14.3 Å². The van der Waals surface area contributed by atoms with Crippen LogP contribution in [0.1, 0.15) is 37.0 Å². The van der Waals surface area contributed by atoms with E-state index in [0.29, 0.717) is 24.9 Å². The van der Waals surface area contributed by atoms with Gasteiger partial charge in [-0.05, 0) is 56.8 Å². The van der Waals surface area contributed by atoms with Crippen molar-refractivity contribution in [1.29, 1.82) is 0 Å². The van der Waals surface area contributed by atoms with Gasteiger partial charge < -0.3 is 15.0 Å². The van der Waals surface area contributed by atoms with Crippen LogP contribution >= 0.6 is 12.2 Å². The Morgan fingerprint density at radius 3 is 2.32 bits per heavy atom. The fraction of sp³-hybridized carbons (Fsp3) is 0.471. The lowest BCUT2D eigenvalue weighted by atomic mass is 10.2. The van der Waals surface area contributed by atoms with Gasteiger partial charge in [0.15, 0.2) is 5.11 Å². The Bertz CT molecular complexity index is 574. The van der Waals surface area contributed by atoms with Crippen molar-refractivity contribution in [2.24, 2.45) is 0 Å². The van der Waals surface area contributed by atoms with Crippen molar-refractivity contribution in [2.45, 2.75) is 26.7 Å². The Hall–Kier alpha value is -2.35. The first-order valence-corrected chi connectivity index (χ1v) is 8.68. The molecule has 138 valence electrons. The first-order valence-electron chi connectivity index (χ1n) is 8.27. The van der Waals surface area contributed by atoms with Crippen LogP contribution in [0, 0.1) is 0 Å². The van der Waals surface area contributed by atoms with Crippen molar-refractivity contribution in [3.8, 4) is 0 Å². The van der Waals surface area contributed by atoms with E-state index in [1.807, 2.05) is 12.1 Å². The molecule has 0 saturated carbocycles. The zero-order valence-corrected chi connectivity index (χ0v) is 15.7. The molecule has 0 aliphatic rings. The predicted octanol–water partition coefficient (Wildman–Crippen LogP) is 1.59. The molecule has 25 heavy (non-hydrogen) atoms. The molecule has 0 bridgehead atoms. The summed E-state index contributed by atoms with van der Waals surface area (Å²) < 4.78 is 4.55. The van der Waals surface area contributed by atoms with Gasteiger partial charge in [0.25, 0.3) is 5.91 Å². The van der Waals surface area contributed by atoms with Crippen molar-refractivity contribution in [2.75, 3.05) is 31.6 Å². The quantitative estimate of drug-likeness (QED) is 0.279. The van der Waals surface area contributed by atoms with Gasteiger partial charge in [-0.25, -0.2) is 0 Å². The van der Waals surface area contributed by atoms with E-state index in [2.05, 4.69) is 39.7 Å². The van der Waals surface area contributed by atoms with E-state index in [9.17, 15) is 9.59 Å². The molecule has 7 nitrogen and oxygen atoms in total. The molecule has 0 aliphatic carbocycles. The predicted molar refractivity (Wildman–Crippen MR) is 102 cm³/mol. The van der Waals surface area contributed by atoms with Crippen molar-refractivity contribution in [3.63, 3.8) is 0 Å². The van der Waals surface area contributed by atoms with Crippen LogP contribution in [0.3, 0.4) is 0 Å². The zero-order valence-electron chi connectivity index (χ0n) is 14.9. The Labute approximate surface area is 154 Å². The molecule has 0 saturated heterocycles. The molecule has 0 unspecified atom stereocenters. The average molecular weight is 366 g/mol. The van der Waals surface area contributed by atoms with E-state index >= 15 is 0 Å². The van der Waals surface area contributed by atoms with Crippen molar-refractivity contribution >= 4 is 34.9 Å². The van der Waals surface area contributed by atoms with E-state index in [0.717, 1.165) is 18.8 Å². The summed E-state index contributed by atoms with van der Waals surface area (Å²) >= 11 is 5.06. The van der Waals surface area contributed by atoms with Gasteiger partial charge in [-0.1, -0.05) is 0 Å². The smallest absolute Gasteiger partial charge is 0.305 e. The van der Waals surface area contributed by atoms with E-state index < -0.39 is 0 Å². The Balaban J connectivity index is 2.36. The number of anilines is 1. The summed E-state index contributed by atoms with van der Waals surface area (Å²) in [7, 11) is 1.35. The third-order valence-corrected chi connectivity index (χ3v) is 3.86. The third-order valence-electron chi connectivity index (χ3n) is 3.62. The summed E-state index contributed by atoms with van der Waals surface area (Å²) in [4.78, 5) is 25.3. The van der Waals surface area contributed by atoms with Crippen LogP contribution in [0.15, 0.2) is 24.3 Å². The second-order valence-electron chi connectivity index (χ2n) is 5.23. The first-order chi connectivity index (χ1) is 12.0. The van der Waals surface area contributed by atoms with Gasteiger partial charge in [0, 0.05) is 37.3 Å². The van der Waals surface area contributed by atoms with E-state index in [1.165, 1.54) is 7.11 Å². The number of ether oxygens (including phenoxy) is 1. The summed E-state index contributed by atoms with van der Waals surface area (Å²) in [6.07, 6.45) is 0.909. The Morgan fingerprint density at radius 2 is 1.76 bits per heavy atom. The molecule has 0 radical (unpaired) electrons. The second-order valence-corrected chi connectivity index (χ2v) is 5.64. The fourth-order valence-electron chi connectivity index (χ4n) is 2.18. The maximum absolute atomic E-state index is 12.1. The monoisotopic (exact) mass is 366 g/mol. The zero-order chi connectivity index (χ0) is 18.7. The van der Waals surface area contributed by atoms with Gasteiger partial charge >= 0.3 is 5.97 Å². The normalized spacial score (nSPS) is 9.88. The number of methoxy groups -OCH3 is 1. The highest BCUT2D eigenvalue weighted by molar-refractivity contribution is 7.80. The van der Waals surface area contributed by atoms with Gasteiger partial charge in [0.05, 0.1) is 7.11 Å². The number of carbonyl (C=O) groups excluding carboxylic acids is 2. The Morgan fingerprint density at radius 1 is 1.12 bits per heavy atom. The molecule has 1 aromatic rings. The van der Waals surface area contributed by atoms with Crippen molar-refractivity contribution in [3.05, 3.63) is 29.8 Å². The maximum atomic E-state index is 12.1. The minimum atomic E-state index is -0.273. The highest BCUT2D eigenvalue weighted by atomic mass is 32.1. The minimum Gasteiger partial charge on any atom is -0.469 e. The number of carbonyl (C=O) groups is 2. The van der Waals surface area contributed by atoms with Gasteiger partial charge in [0.1, 0.15) is 0 Å². The third kappa shape index (κ3) is 7.38. The largest absolute Gasteiger partial charge is 0.469 e. The summed E-state index contributed by atoms with van der Waals surface area (Å²) in [5.41, 5.74) is 6.79. The molecule has 1 rings (SSSR count). The number of hydrazine groups is 1. The van der Waals surface area contributed by atoms with Crippen LogP contribution in [0.5, 0.6) is 0 Å². The molecular formula is C17H26N4O3S. The van der Waals surface area contributed by atoms with Crippen LogP contribution in [0.25, 0.3) is 0 Å². The van der Waals surface area contributed by atoms with E-state index in [1.54, 1.807) is 12.1 Å². The van der Waals surface area contributed by atoms with Crippen LogP contribution in [-0.4, -0.2) is 43.7 Å². The van der Waals surface area contributed by atoms with Crippen LogP contribution in [0.4, 0.5) is 5.69 Å². The van der Waals surface area contributed by atoms with Crippen LogP contribution in [-0.2, 0) is 9.53 Å². The number of benzene rings is 1. The SMILES string of the molecule is CCN(CC)c1ccc(C(=O)NNC(=S)NCCCC(=O)OC)cc1. The van der Waals surface area contributed by atoms with Crippen LogP contribution < -0.4 is 21.1 Å². The van der Waals surface area contributed by atoms with Gasteiger partial charge in [-0.15, -0.1) is 0 Å². The van der Waals surface area contributed by atoms with Crippen molar-refractivity contribution in [1.82, 2.24) is 16.2 Å². The van der Waals surface area contributed by atoms with Gasteiger partial charge in [-0.3, -0.25) is 20.4 Å². The van der Waals surface area contributed by atoms with Gasteiger partial charge in [-0.2, -0.15) is 0 Å². The molecule has 0 aliphatic heterocycles. The van der Waals surface area contributed by atoms with Crippen LogP contribution in [0.2, 0.25) is 0 Å². The molecule has 8 heteroatoms. The number of rotatable bonds is 8. The number of thiocarbonyl (C=S) groups is 1. The second kappa shape index (κ2) is 11.2. The number of hydrogen-bond acceptors (Lipinski definition) is 5. The number of nitrogens with zero attached hydrogens (tertiary/aromatic N) is 1. The molecule has 0 heterocycles. The van der Waals surface area contributed by atoms with E-state index in [-0.39, 0.29) is 17.0 Å². The van der Waals surface area contributed by atoms with Gasteiger partial charge in [0.2, 0.25) is 0 Å². The standard InChI is InChI=1S/C17H26N4O3S/c1-4-21(5-2)14-10-8-13(9-11-14)16(23)19-20-17(25)18-12-6-7-15(22)24-3/h8-11H,4-7,12H2,1-3H3,(H,19,23)(H2,18,20,25). The average Bonchev–Trinajstić information content (AvgIpc) is 2.64. The summed E-state index contributed by atoms with van der Waals surface area (Å²) in [6, 6.07) is 7.39. The maximum Gasteiger partial charge on any atom is 0.305 e. The number of hydrogen-bond donors (Lipinski definition) is 3. The molecule has 0 aromatic heterocycles. The van der Waals surface area contributed by atoms with E-state index in [4.69, 9.17) is 12.2 Å². The lowest BCUT2D eigenvalue weighted by molar-refractivity contribution is -0.140. The summed E-state index contributed by atoms with van der Waals surface area (Å²) in [5, 5.41) is 3.19. The molecular weight excluding hydrogens is 340 g/mol. The Kier molecular flexibility index (Phi) is 9.31. The minimum absolute atomic E-state index is 0.262. The summed E-state index contributed by atoms with van der Waals surface area (Å²) in [5.74, 6) is -0.535. The lowest BCUT2D eigenvalue weighted by Gasteiger charge is -2.21. The molecule has 0 atom stereocenters. The molecule has 3 N–H and O–H groups in total. The lowest BCUT2D eigenvalue weighted by Crippen LogP contribution is -2.47. The highest BCUT2D eigenvalue weighted by Crippen LogP contribution is 2.14. The highest BCUT2D eigenvalue weighted by Gasteiger charge is 2.07. The summed E-state index contributed by atoms with van der Waals surface area (Å²) in [6.45, 7) is 6.52. The number of amides is 1.